The van der Waals surface area contributed by atoms with Crippen molar-refractivity contribution in [2.75, 3.05) is 0 Å². The highest BCUT2D eigenvalue weighted by Crippen LogP contribution is 2.35. The van der Waals surface area contributed by atoms with Crippen LogP contribution in [0.5, 0.6) is 0 Å². The molecule has 1 aromatic carbocycles. The van der Waals surface area contributed by atoms with Crippen LogP contribution in [-0.2, 0) is 16.5 Å². The van der Waals surface area contributed by atoms with E-state index in [1.165, 1.54) is 5.57 Å². The molecule has 0 aliphatic heterocycles. The predicted molar refractivity (Wildman–Crippen MR) is 67.6 cm³/mol. The molecule has 0 atom stereocenters. The van der Waals surface area contributed by atoms with Crippen molar-refractivity contribution >= 4 is 15.7 Å². The van der Waals surface area contributed by atoms with Crippen molar-refractivity contribution in [3.05, 3.63) is 34.9 Å². The second kappa shape index (κ2) is 4.27. The van der Waals surface area contributed by atoms with Crippen molar-refractivity contribution in [1.29, 1.82) is 0 Å². The van der Waals surface area contributed by atoms with E-state index in [4.69, 9.17) is 0 Å². The van der Waals surface area contributed by atoms with Gasteiger partial charge in [-0.2, -0.15) is 8.42 Å². The van der Waals surface area contributed by atoms with Gasteiger partial charge in [-0.1, -0.05) is 19.4 Å². The molecule has 0 saturated heterocycles. The average molecular weight is 252 g/mol. The van der Waals surface area contributed by atoms with Crippen LogP contribution in [0.2, 0.25) is 0 Å². The second-order valence-electron chi connectivity index (χ2n) is 4.43. The molecule has 1 aromatic rings. The van der Waals surface area contributed by atoms with Crippen LogP contribution in [0.4, 0.5) is 0 Å². The van der Waals surface area contributed by atoms with Gasteiger partial charge in [0.25, 0.3) is 10.1 Å². The lowest BCUT2D eigenvalue weighted by atomic mass is 10.0. The van der Waals surface area contributed by atoms with Crippen molar-refractivity contribution in [3.8, 4) is 0 Å². The fourth-order valence-electron chi connectivity index (χ4n) is 2.05. The molecule has 0 fully saturated rings. The van der Waals surface area contributed by atoms with E-state index in [2.05, 4.69) is 6.08 Å². The molecule has 0 heterocycles. The molecular formula is C13H16O3S. The molecule has 0 unspecified atom stereocenters. The van der Waals surface area contributed by atoms with Gasteiger partial charge in [-0.15, -0.1) is 0 Å². The number of aryl methyl sites for hydroxylation is 2. The maximum atomic E-state index is 11.3. The first-order chi connectivity index (χ1) is 7.93. The SMILES string of the molecule is CCCc1cc(C2=CC2)c(C)cc1S(=O)(=O)O. The van der Waals surface area contributed by atoms with Gasteiger partial charge in [0, 0.05) is 0 Å². The highest BCUT2D eigenvalue weighted by molar-refractivity contribution is 7.85. The Labute approximate surface area is 102 Å². The molecule has 0 spiro atoms. The van der Waals surface area contributed by atoms with E-state index in [9.17, 15) is 13.0 Å². The van der Waals surface area contributed by atoms with Crippen LogP contribution < -0.4 is 0 Å². The van der Waals surface area contributed by atoms with Crippen molar-refractivity contribution in [2.45, 2.75) is 38.0 Å². The zero-order valence-electron chi connectivity index (χ0n) is 10.0. The minimum Gasteiger partial charge on any atom is -0.282 e. The molecule has 0 radical (unpaired) electrons. The van der Waals surface area contributed by atoms with Crippen LogP contribution in [0.15, 0.2) is 23.1 Å². The second-order valence-corrected chi connectivity index (χ2v) is 5.82. The molecule has 4 heteroatoms. The molecule has 0 amide bonds. The Bertz CT molecular complexity index is 583. The van der Waals surface area contributed by atoms with Crippen molar-refractivity contribution < 1.29 is 13.0 Å². The van der Waals surface area contributed by atoms with E-state index >= 15 is 0 Å². The third-order valence-corrected chi connectivity index (χ3v) is 3.89. The molecule has 3 nitrogen and oxygen atoms in total. The number of allylic oxidation sites excluding steroid dienone is 2. The van der Waals surface area contributed by atoms with E-state index < -0.39 is 10.1 Å². The molecular weight excluding hydrogens is 236 g/mol. The Kier molecular flexibility index (Phi) is 3.10. The summed E-state index contributed by atoms with van der Waals surface area (Å²) < 4.78 is 31.9. The molecule has 17 heavy (non-hydrogen) atoms. The van der Waals surface area contributed by atoms with Crippen LogP contribution >= 0.6 is 0 Å². The molecule has 1 aliphatic carbocycles. The smallest absolute Gasteiger partial charge is 0.282 e. The molecule has 1 N–H and O–H groups in total. The average Bonchev–Trinajstić information content (AvgIpc) is 3.02. The number of hydrogen-bond acceptors (Lipinski definition) is 2. The molecule has 2 rings (SSSR count). The van der Waals surface area contributed by atoms with Crippen LogP contribution in [0, 0.1) is 6.92 Å². The first-order valence-electron chi connectivity index (χ1n) is 5.74. The summed E-state index contributed by atoms with van der Waals surface area (Å²) in [6.45, 7) is 3.86. The Morgan fingerprint density at radius 3 is 2.47 bits per heavy atom. The summed E-state index contributed by atoms with van der Waals surface area (Å²) in [5.41, 5.74) is 3.99. The van der Waals surface area contributed by atoms with Gasteiger partial charge >= 0.3 is 0 Å². The highest BCUT2D eigenvalue weighted by atomic mass is 32.2. The molecule has 1 aliphatic rings. The number of hydrogen-bond donors (Lipinski definition) is 1. The van der Waals surface area contributed by atoms with Gasteiger partial charge in [0.1, 0.15) is 0 Å². The van der Waals surface area contributed by atoms with Gasteiger partial charge in [-0.05, 0) is 54.2 Å². The lowest BCUT2D eigenvalue weighted by molar-refractivity contribution is 0.482. The maximum absolute atomic E-state index is 11.3. The van der Waals surface area contributed by atoms with Gasteiger partial charge < -0.3 is 0 Å². The summed E-state index contributed by atoms with van der Waals surface area (Å²) in [6, 6.07) is 3.48. The normalized spacial score (nSPS) is 14.6. The third-order valence-electron chi connectivity index (χ3n) is 2.96. The fourth-order valence-corrected chi connectivity index (χ4v) is 2.87. The summed E-state index contributed by atoms with van der Waals surface area (Å²) in [5, 5.41) is 0. The minimum absolute atomic E-state index is 0.0573. The van der Waals surface area contributed by atoms with E-state index in [1.807, 2.05) is 19.9 Å². The Morgan fingerprint density at radius 2 is 2.00 bits per heavy atom. The van der Waals surface area contributed by atoms with Gasteiger partial charge in [0.2, 0.25) is 0 Å². The zero-order valence-corrected chi connectivity index (χ0v) is 10.8. The minimum atomic E-state index is -4.12. The summed E-state index contributed by atoms with van der Waals surface area (Å²) in [7, 11) is -4.12. The Hall–Kier alpha value is -1.13. The quantitative estimate of drug-likeness (QED) is 0.838. The van der Waals surface area contributed by atoms with Gasteiger partial charge in [-0.3, -0.25) is 4.55 Å². The number of rotatable bonds is 4. The van der Waals surface area contributed by atoms with Crippen LogP contribution in [0.1, 0.15) is 36.5 Å². The standard InChI is InChI=1S/C13H16O3S/c1-3-4-11-8-12(10-5-6-10)9(2)7-13(11)17(14,15)16/h5,7-8H,3-4,6H2,1-2H3,(H,14,15,16). The summed E-state index contributed by atoms with van der Waals surface area (Å²) in [5.74, 6) is 0. The zero-order chi connectivity index (χ0) is 12.6. The van der Waals surface area contributed by atoms with Crippen molar-refractivity contribution in [1.82, 2.24) is 0 Å². The Balaban J connectivity index is 2.59. The van der Waals surface area contributed by atoms with E-state index in [0.717, 1.165) is 24.0 Å². The van der Waals surface area contributed by atoms with E-state index in [0.29, 0.717) is 12.0 Å². The number of benzene rings is 1. The first-order valence-corrected chi connectivity index (χ1v) is 7.18. The summed E-state index contributed by atoms with van der Waals surface area (Å²) in [6.07, 6.45) is 4.61. The van der Waals surface area contributed by atoms with Gasteiger partial charge in [0.15, 0.2) is 0 Å². The van der Waals surface area contributed by atoms with E-state index in [-0.39, 0.29) is 4.90 Å². The van der Waals surface area contributed by atoms with Gasteiger partial charge in [-0.25, -0.2) is 0 Å². The van der Waals surface area contributed by atoms with E-state index in [1.54, 1.807) is 6.07 Å². The first kappa shape index (κ1) is 12.3. The topological polar surface area (TPSA) is 54.4 Å². The maximum Gasteiger partial charge on any atom is 0.294 e. The predicted octanol–water partition coefficient (Wildman–Crippen LogP) is 2.98. The van der Waals surface area contributed by atoms with Crippen LogP contribution in [-0.4, -0.2) is 13.0 Å². The molecule has 0 saturated carbocycles. The Morgan fingerprint density at radius 1 is 1.35 bits per heavy atom. The lowest BCUT2D eigenvalue weighted by Crippen LogP contribution is -2.05. The molecule has 0 aromatic heterocycles. The fraction of sp³-hybridized carbons (Fsp3) is 0.385. The largest absolute Gasteiger partial charge is 0.294 e. The lowest BCUT2D eigenvalue weighted by Gasteiger charge is -2.11. The van der Waals surface area contributed by atoms with Crippen LogP contribution in [0.3, 0.4) is 0 Å². The highest BCUT2D eigenvalue weighted by Gasteiger charge is 2.20. The summed E-state index contributed by atoms with van der Waals surface area (Å²) in [4.78, 5) is 0.0573. The van der Waals surface area contributed by atoms with Gasteiger partial charge in [0.05, 0.1) is 4.90 Å². The third kappa shape index (κ3) is 2.58. The molecule has 92 valence electrons. The van der Waals surface area contributed by atoms with Crippen molar-refractivity contribution in [3.63, 3.8) is 0 Å². The molecule has 0 bridgehead atoms. The summed E-state index contributed by atoms with van der Waals surface area (Å²) >= 11 is 0. The monoisotopic (exact) mass is 252 g/mol. The van der Waals surface area contributed by atoms with Crippen LogP contribution in [0.25, 0.3) is 5.57 Å². The van der Waals surface area contributed by atoms with Crippen molar-refractivity contribution in [2.24, 2.45) is 0 Å².